The Morgan fingerprint density at radius 2 is 1.67 bits per heavy atom. The van der Waals surface area contributed by atoms with Crippen LogP contribution in [0, 0.1) is 0 Å². The first-order valence-electron chi connectivity index (χ1n) is 6.67. The molecule has 0 N–H and O–H groups in total. The number of carbonyl (C=O) groups is 1. The fourth-order valence-corrected chi connectivity index (χ4v) is 2.12. The summed E-state index contributed by atoms with van der Waals surface area (Å²) in [5, 5.41) is 0. The van der Waals surface area contributed by atoms with Gasteiger partial charge in [0.05, 0.1) is 14.2 Å². The number of methoxy groups -OCH3 is 2. The van der Waals surface area contributed by atoms with Crippen molar-refractivity contribution in [3.8, 4) is 11.5 Å². The van der Waals surface area contributed by atoms with Crippen LogP contribution in [-0.2, 0) is 6.54 Å². The Bertz CT molecular complexity index is 611. The van der Waals surface area contributed by atoms with Crippen LogP contribution >= 0.6 is 0 Å². The lowest BCUT2D eigenvalue weighted by molar-refractivity contribution is 0.0784. The van der Waals surface area contributed by atoms with Crippen LogP contribution in [0.3, 0.4) is 0 Å². The zero-order valence-corrected chi connectivity index (χ0v) is 12.5. The van der Waals surface area contributed by atoms with E-state index >= 15 is 0 Å². The molecule has 0 atom stereocenters. The van der Waals surface area contributed by atoms with E-state index in [-0.39, 0.29) is 5.91 Å². The maximum absolute atomic E-state index is 12.4. The summed E-state index contributed by atoms with van der Waals surface area (Å²) in [5.41, 5.74) is 1.67. The average Bonchev–Trinajstić information content (AvgIpc) is 2.54. The molecule has 0 spiro atoms. The molecule has 0 aliphatic rings. The highest BCUT2D eigenvalue weighted by atomic mass is 16.5. The Morgan fingerprint density at radius 3 is 2.29 bits per heavy atom. The summed E-state index contributed by atoms with van der Waals surface area (Å²) in [5.74, 6) is 1.11. The summed E-state index contributed by atoms with van der Waals surface area (Å²) < 4.78 is 10.4. The van der Waals surface area contributed by atoms with Crippen molar-refractivity contribution in [1.29, 1.82) is 0 Å². The molecule has 1 amide bonds. The third-order valence-corrected chi connectivity index (χ3v) is 3.24. The molecule has 21 heavy (non-hydrogen) atoms. The van der Waals surface area contributed by atoms with Gasteiger partial charge in [0, 0.05) is 19.2 Å². The van der Waals surface area contributed by atoms with Crippen molar-refractivity contribution in [2.45, 2.75) is 6.54 Å². The van der Waals surface area contributed by atoms with Crippen molar-refractivity contribution in [1.82, 2.24) is 4.90 Å². The molecule has 0 heterocycles. The number of ether oxygens (including phenoxy) is 2. The van der Waals surface area contributed by atoms with Crippen LogP contribution in [0.5, 0.6) is 11.5 Å². The Morgan fingerprint density at radius 1 is 1.00 bits per heavy atom. The Kier molecular flexibility index (Phi) is 4.82. The number of hydrogen-bond acceptors (Lipinski definition) is 3. The smallest absolute Gasteiger partial charge is 0.254 e. The SMILES string of the molecule is COc1ccc(C(=O)N(C)Cc2ccccc2)cc1OC. The topological polar surface area (TPSA) is 38.8 Å². The maximum Gasteiger partial charge on any atom is 0.254 e. The molecule has 2 rings (SSSR count). The predicted molar refractivity (Wildman–Crippen MR) is 81.8 cm³/mol. The van der Waals surface area contributed by atoms with Crippen LogP contribution in [0.2, 0.25) is 0 Å². The standard InChI is InChI=1S/C17H19NO3/c1-18(12-13-7-5-4-6-8-13)17(19)14-9-10-15(20-2)16(11-14)21-3/h4-11H,12H2,1-3H3. The normalized spacial score (nSPS) is 10.0. The molecule has 0 aliphatic heterocycles. The lowest BCUT2D eigenvalue weighted by Gasteiger charge is -2.18. The van der Waals surface area contributed by atoms with E-state index in [9.17, 15) is 4.79 Å². The van der Waals surface area contributed by atoms with Gasteiger partial charge in [0.2, 0.25) is 0 Å². The van der Waals surface area contributed by atoms with Gasteiger partial charge in [0.1, 0.15) is 0 Å². The van der Waals surface area contributed by atoms with Gasteiger partial charge >= 0.3 is 0 Å². The monoisotopic (exact) mass is 285 g/mol. The molecule has 0 radical (unpaired) electrons. The van der Waals surface area contributed by atoms with E-state index in [1.807, 2.05) is 30.3 Å². The third-order valence-electron chi connectivity index (χ3n) is 3.24. The number of nitrogens with zero attached hydrogens (tertiary/aromatic N) is 1. The second-order valence-corrected chi connectivity index (χ2v) is 4.72. The maximum atomic E-state index is 12.4. The number of rotatable bonds is 5. The molecule has 4 heteroatoms. The van der Waals surface area contributed by atoms with Crippen LogP contribution in [0.1, 0.15) is 15.9 Å². The highest BCUT2D eigenvalue weighted by molar-refractivity contribution is 5.94. The zero-order valence-electron chi connectivity index (χ0n) is 12.5. The Balaban J connectivity index is 2.15. The van der Waals surface area contributed by atoms with Crippen molar-refractivity contribution >= 4 is 5.91 Å². The molecule has 4 nitrogen and oxygen atoms in total. The van der Waals surface area contributed by atoms with E-state index in [2.05, 4.69) is 0 Å². The third kappa shape index (κ3) is 3.54. The minimum atomic E-state index is -0.0557. The minimum absolute atomic E-state index is 0.0557. The summed E-state index contributed by atoms with van der Waals surface area (Å²) in [4.78, 5) is 14.1. The van der Waals surface area contributed by atoms with E-state index in [1.165, 1.54) is 0 Å². The highest BCUT2D eigenvalue weighted by Crippen LogP contribution is 2.28. The summed E-state index contributed by atoms with van der Waals surface area (Å²) in [7, 11) is 4.91. The van der Waals surface area contributed by atoms with Gasteiger partial charge in [0.15, 0.2) is 11.5 Å². The average molecular weight is 285 g/mol. The predicted octanol–water partition coefficient (Wildman–Crippen LogP) is 2.98. The molecule has 0 fully saturated rings. The van der Waals surface area contributed by atoms with Gasteiger partial charge in [-0.3, -0.25) is 4.79 Å². The minimum Gasteiger partial charge on any atom is -0.493 e. The lowest BCUT2D eigenvalue weighted by Crippen LogP contribution is -2.26. The Labute approximate surface area is 124 Å². The largest absolute Gasteiger partial charge is 0.493 e. The summed E-state index contributed by atoms with van der Waals surface area (Å²) in [6, 6.07) is 15.1. The van der Waals surface area contributed by atoms with Gasteiger partial charge in [-0.15, -0.1) is 0 Å². The fraction of sp³-hybridized carbons (Fsp3) is 0.235. The second-order valence-electron chi connectivity index (χ2n) is 4.72. The summed E-state index contributed by atoms with van der Waals surface area (Å²) >= 11 is 0. The number of benzene rings is 2. The molecule has 110 valence electrons. The van der Waals surface area contributed by atoms with Gasteiger partial charge in [-0.05, 0) is 23.8 Å². The first kappa shape index (κ1) is 14.9. The second kappa shape index (κ2) is 6.79. The Hall–Kier alpha value is -2.49. The lowest BCUT2D eigenvalue weighted by atomic mass is 10.1. The van der Waals surface area contributed by atoms with Crippen molar-refractivity contribution in [2.75, 3.05) is 21.3 Å². The van der Waals surface area contributed by atoms with Gasteiger partial charge in [0.25, 0.3) is 5.91 Å². The fourth-order valence-electron chi connectivity index (χ4n) is 2.12. The first-order chi connectivity index (χ1) is 10.2. The van der Waals surface area contributed by atoms with E-state index in [0.29, 0.717) is 23.6 Å². The zero-order chi connectivity index (χ0) is 15.2. The van der Waals surface area contributed by atoms with Crippen molar-refractivity contribution in [2.24, 2.45) is 0 Å². The molecule has 0 aromatic heterocycles. The van der Waals surface area contributed by atoms with Crippen molar-refractivity contribution < 1.29 is 14.3 Å². The van der Waals surface area contributed by atoms with E-state index < -0.39 is 0 Å². The molecular formula is C17H19NO3. The molecule has 2 aromatic rings. The molecule has 0 aliphatic carbocycles. The van der Waals surface area contributed by atoms with Gasteiger partial charge in [-0.1, -0.05) is 30.3 Å². The summed E-state index contributed by atoms with van der Waals surface area (Å²) in [6.07, 6.45) is 0. The first-order valence-corrected chi connectivity index (χ1v) is 6.67. The number of hydrogen-bond donors (Lipinski definition) is 0. The molecule has 2 aromatic carbocycles. The molecule has 0 saturated heterocycles. The van der Waals surface area contributed by atoms with Gasteiger partial charge in [-0.25, -0.2) is 0 Å². The number of carbonyl (C=O) groups excluding carboxylic acids is 1. The van der Waals surface area contributed by atoms with Crippen LogP contribution in [0.4, 0.5) is 0 Å². The molecule has 0 bridgehead atoms. The van der Waals surface area contributed by atoms with Crippen LogP contribution in [-0.4, -0.2) is 32.1 Å². The van der Waals surface area contributed by atoms with E-state index in [0.717, 1.165) is 5.56 Å². The van der Waals surface area contributed by atoms with Crippen molar-refractivity contribution in [3.63, 3.8) is 0 Å². The van der Waals surface area contributed by atoms with Gasteiger partial charge in [-0.2, -0.15) is 0 Å². The van der Waals surface area contributed by atoms with Crippen LogP contribution < -0.4 is 9.47 Å². The van der Waals surface area contributed by atoms with Gasteiger partial charge < -0.3 is 14.4 Å². The highest BCUT2D eigenvalue weighted by Gasteiger charge is 2.14. The quantitative estimate of drug-likeness (QED) is 0.847. The summed E-state index contributed by atoms with van der Waals surface area (Å²) in [6.45, 7) is 0.564. The van der Waals surface area contributed by atoms with E-state index in [1.54, 1.807) is 44.4 Å². The molecule has 0 saturated carbocycles. The number of amides is 1. The molecule has 0 unspecified atom stereocenters. The van der Waals surface area contributed by atoms with Crippen molar-refractivity contribution in [3.05, 3.63) is 59.7 Å². The molecular weight excluding hydrogens is 266 g/mol. The van der Waals surface area contributed by atoms with E-state index in [4.69, 9.17) is 9.47 Å². The van der Waals surface area contributed by atoms with Crippen LogP contribution in [0.25, 0.3) is 0 Å². The van der Waals surface area contributed by atoms with Crippen LogP contribution in [0.15, 0.2) is 48.5 Å².